The van der Waals surface area contributed by atoms with E-state index in [4.69, 9.17) is 0 Å². The fourth-order valence-electron chi connectivity index (χ4n) is 1.88. The van der Waals surface area contributed by atoms with Crippen molar-refractivity contribution in [3.05, 3.63) is 32.5 Å². The molecule has 0 saturated carbocycles. The van der Waals surface area contributed by atoms with E-state index in [-0.39, 0.29) is 10.2 Å². The zero-order valence-electron chi connectivity index (χ0n) is 8.45. The number of hydrogen-bond acceptors (Lipinski definition) is 3. The maximum absolute atomic E-state index is 13.4. The van der Waals surface area contributed by atoms with Gasteiger partial charge in [0.25, 0.3) is 5.69 Å². The monoisotopic (exact) mass is 288 g/mol. The summed E-state index contributed by atoms with van der Waals surface area (Å²) in [6, 6.07) is 2.45. The van der Waals surface area contributed by atoms with Gasteiger partial charge in [-0.1, -0.05) is 0 Å². The van der Waals surface area contributed by atoms with Gasteiger partial charge < -0.3 is 4.90 Å². The highest BCUT2D eigenvalue weighted by molar-refractivity contribution is 9.10. The van der Waals surface area contributed by atoms with E-state index in [9.17, 15) is 14.5 Å². The first-order valence-corrected chi connectivity index (χ1v) is 5.77. The number of benzene rings is 1. The molecule has 0 unspecified atom stereocenters. The molecular weight excluding hydrogens is 279 g/mol. The van der Waals surface area contributed by atoms with Gasteiger partial charge in [-0.2, -0.15) is 0 Å². The molecule has 4 nitrogen and oxygen atoms in total. The van der Waals surface area contributed by atoms with Gasteiger partial charge in [-0.05, 0) is 28.8 Å². The van der Waals surface area contributed by atoms with E-state index >= 15 is 0 Å². The fourth-order valence-corrected chi connectivity index (χ4v) is 2.21. The van der Waals surface area contributed by atoms with Crippen LogP contribution in [0.1, 0.15) is 12.8 Å². The molecule has 16 heavy (non-hydrogen) atoms. The Kier molecular flexibility index (Phi) is 3.09. The van der Waals surface area contributed by atoms with E-state index < -0.39 is 10.7 Å². The Hall–Kier alpha value is -1.17. The lowest BCUT2D eigenvalue weighted by Gasteiger charge is -2.17. The molecule has 0 bridgehead atoms. The molecular formula is C10H10BrFN2O2. The van der Waals surface area contributed by atoms with Crippen molar-refractivity contribution in [3.8, 4) is 0 Å². The lowest BCUT2D eigenvalue weighted by molar-refractivity contribution is -0.384. The number of anilines is 1. The van der Waals surface area contributed by atoms with Crippen LogP contribution in [0.25, 0.3) is 0 Å². The first-order valence-electron chi connectivity index (χ1n) is 4.98. The van der Waals surface area contributed by atoms with Crippen LogP contribution in [-0.4, -0.2) is 18.0 Å². The van der Waals surface area contributed by atoms with E-state index in [1.54, 1.807) is 0 Å². The zero-order chi connectivity index (χ0) is 11.7. The summed E-state index contributed by atoms with van der Waals surface area (Å²) in [6.07, 6.45) is 1.99. The van der Waals surface area contributed by atoms with Crippen LogP contribution in [0.4, 0.5) is 15.8 Å². The first kappa shape index (κ1) is 11.3. The molecule has 1 aromatic carbocycles. The van der Waals surface area contributed by atoms with Crippen LogP contribution in [0.5, 0.6) is 0 Å². The predicted octanol–water partition coefficient (Wildman–Crippen LogP) is 3.10. The minimum atomic E-state index is -0.474. The third kappa shape index (κ3) is 2.02. The Morgan fingerprint density at radius 3 is 2.56 bits per heavy atom. The molecule has 6 heteroatoms. The molecule has 2 rings (SSSR count). The van der Waals surface area contributed by atoms with Gasteiger partial charge >= 0.3 is 0 Å². The van der Waals surface area contributed by atoms with Crippen LogP contribution >= 0.6 is 15.9 Å². The van der Waals surface area contributed by atoms with Crippen molar-refractivity contribution >= 4 is 27.3 Å². The second kappa shape index (κ2) is 4.37. The molecule has 0 N–H and O–H groups in total. The molecule has 1 fully saturated rings. The van der Waals surface area contributed by atoms with Crippen molar-refractivity contribution in [2.45, 2.75) is 12.8 Å². The van der Waals surface area contributed by atoms with E-state index in [1.165, 1.54) is 12.1 Å². The standard InChI is InChI=1S/C10H10BrFN2O2/c11-7-5-10(14(15)16)9(6-8(7)12)13-3-1-2-4-13/h5-6H,1-4H2. The van der Waals surface area contributed by atoms with Crippen molar-refractivity contribution < 1.29 is 9.31 Å². The van der Waals surface area contributed by atoms with E-state index in [0.717, 1.165) is 25.9 Å². The van der Waals surface area contributed by atoms with Crippen molar-refractivity contribution in [1.29, 1.82) is 0 Å². The van der Waals surface area contributed by atoms with Crippen LogP contribution in [0.15, 0.2) is 16.6 Å². The molecule has 0 amide bonds. The molecule has 0 radical (unpaired) electrons. The Morgan fingerprint density at radius 1 is 1.38 bits per heavy atom. The van der Waals surface area contributed by atoms with Crippen LogP contribution in [0.2, 0.25) is 0 Å². The summed E-state index contributed by atoms with van der Waals surface area (Å²) in [5.74, 6) is -0.465. The molecule has 1 heterocycles. The summed E-state index contributed by atoms with van der Waals surface area (Å²) in [5, 5.41) is 10.9. The fraction of sp³-hybridized carbons (Fsp3) is 0.400. The highest BCUT2D eigenvalue weighted by atomic mass is 79.9. The summed E-state index contributed by atoms with van der Waals surface area (Å²) in [5.41, 5.74) is 0.332. The van der Waals surface area contributed by atoms with E-state index in [1.807, 2.05) is 4.90 Å². The largest absolute Gasteiger partial charge is 0.366 e. The normalized spacial score (nSPS) is 15.5. The van der Waals surface area contributed by atoms with Gasteiger partial charge in [-0.15, -0.1) is 0 Å². The summed E-state index contributed by atoms with van der Waals surface area (Å²) in [4.78, 5) is 12.3. The first-order chi connectivity index (χ1) is 7.59. The van der Waals surface area contributed by atoms with Crippen LogP contribution in [0, 0.1) is 15.9 Å². The molecule has 1 aliphatic heterocycles. The molecule has 1 saturated heterocycles. The zero-order valence-corrected chi connectivity index (χ0v) is 10.0. The number of halogens is 2. The molecule has 1 aliphatic rings. The van der Waals surface area contributed by atoms with Crippen molar-refractivity contribution in [1.82, 2.24) is 0 Å². The number of rotatable bonds is 2. The van der Waals surface area contributed by atoms with Gasteiger partial charge in [0.1, 0.15) is 11.5 Å². The van der Waals surface area contributed by atoms with Crippen molar-refractivity contribution in [2.24, 2.45) is 0 Å². The molecule has 0 aromatic heterocycles. The lowest BCUT2D eigenvalue weighted by Crippen LogP contribution is -2.19. The van der Waals surface area contributed by atoms with Crippen LogP contribution in [-0.2, 0) is 0 Å². The number of nitro groups is 1. The summed E-state index contributed by atoms with van der Waals surface area (Å²) in [6.45, 7) is 1.50. The maximum atomic E-state index is 13.4. The predicted molar refractivity (Wildman–Crippen MR) is 62.2 cm³/mol. The number of hydrogen-bond donors (Lipinski definition) is 0. The summed E-state index contributed by atoms with van der Waals surface area (Å²) < 4.78 is 13.5. The summed E-state index contributed by atoms with van der Waals surface area (Å²) in [7, 11) is 0. The molecule has 86 valence electrons. The average molecular weight is 289 g/mol. The summed E-state index contributed by atoms with van der Waals surface area (Å²) >= 11 is 2.96. The van der Waals surface area contributed by atoms with Gasteiger partial charge in [0.05, 0.1) is 9.40 Å². The second-order valence-electron chi connectivity index (χ2n) is 3.71. The third-order valence-corrected chi connectivity index (χ3v) is 3.27. The van der Waals surface area contributed by atoms with Crippen LogP contribution in [0.3, 0.4) is 0 Å². The molecule has 0 atom stereocenters. The minimum Gasteiger partial charge on any atom is -0.366 e. The van der Waals surface area contributed by atoms with Gasteiger partial charge in [0.2, 0.25) is 0 Å². The number of nitrogens with zero attached hydrogens (tertiary/aromatic N) is 2. The van der Waals surface area contributed by atoms with Crippen molar-refractivity contribution in [3.63, 3.8) is 0 Å². The SMILES string of the molecule is O=[N+]([O-])c1cc(Br)c(F)cc1N1CCCC1. The highest BCUT2D eigenvalue weighted by Crippen LogP contribution is 2.34. The minimum absolute atomic E-state index is 0.0461. The molecule has 0 aliphatic carbocycles. The van der Waals surface area contributed by atoms with E-state index in [2.05, 4.69) is 15.9 Å². The van der Waals surface area contributed by atoms with E-state index in [0.29, 0.717) is 5.69 Å². The van der Waals surface area contributed by atoms with Crippen LogP contribution < -0.4 is 4.90 Å². The van der Waals surface area contributed by atoms with Gasteiger partial charge in [-0.25, -0.2) is 4.39 Å². The topological polar surface area (TPSA) is 46.4 Å². The lowest BCUT2D eigenvalue weighted by atomic mass is 10.2. The Bertz CT molecular complexity index is 433. The maximum Gasteiger partial charge on any atom is 0.293 e. The second-order valence-corrected chi connectivity index (χ2v) is 4.56. The Labute approximate surface area is 100 Å². The van der Waals surface area contributed by atoms with Gasteiger partial charge in [-0.3, -0.25) is 10.1 Å². The Balaban J connectivity index is 2.48. The highest BCUT2D eigenvalue weighted by Gasteiger charge is 2.24. The Morgan fingerprint density at radius 2 is 2.00 bits per heavy atom. The molecule has 0 spiro atoms. The smallest absolute Gasteiger partial charge is 0.293 e. The van der Waals surface area contributed by atoms with Gasteiger partial charge in [0, 0.05) is 25.2 Å². The van der Waals surface area contributed by atoms with Crippen molar-refractivity contribution in [2.75, 3.05) is 18.0 Å². The number of nitro benzene ring substituents is 1. The average Bonchev–Trinajstić information content (AvgIpc) is 2.74. The molecule has 1 aromatic rings. The quantitative estimate of drug-likeness (QED) is 0.621. The van der Waals surface area contributed by atoms with Gasteiger partial charge in [0.15, 0.2) is 0 Å². The third-order valence-electron chi connectivity index (χ3n) is 2.66.